The number of methoxy groups -OCH3 is 2. The average Bonchev–Trinajstić information content (AvgIpc) is 3.17. The summed E-state index contributed by atoms with van der Waals surface area (Å²) in [6, 6.07) is 8.83. The van der Waals surface area contributed by atoms with Crippen LogP contribution in [0.2, 0.25) is 0 Å². The van der Waals surface area contributed by atoms with Crippen LogP contribution < -0.4 is 15.4 Å². The molecule has 1 heterocycles. The van der Waals surface area contributed by atoms with Crippen molar-refractivity contribution in [3.8, 4) is 5.75 Å². The molecule has 0 radical (unpaired) electrons. The van der Waals surface area contributed by atoms with E-state index in [4.69, 9.17) is 14.5 Å². The van der Waals surface area contributed by atoms with Crippen LogP contribution in [0, 0.1) is 0 Å². The summed E-state index contributed by atoms with van der Waals surface area (Å²) in [5.41, 5.74) is 1.26. The van der Waals surface area contributed by atoms with Crippen LogP contribution in [0.4, 0.5) is 0 Å². The van der Waals surface area contributed by atoms with E-state index < -0.39 is 0 Å². The molecule has 2 N–H and O–H groups in total. The standard InChI is InChI=1S/C20H34N4O2.HI/c1-5-21-20(23-16(2)15-25-3)22-14-19(24-11-6-7-12-24)17-9-8-10-18(13-17)26-4;/h8-10,13,16,19H,5-7,11-12,14-15H2,1-4H3,(H2,21,22,23);1H. The van der Waals surface area contributed by atoms with Crippen molar-refractivity contribution in [3.63, 3.8) is 0 Å². The summed E-state index contributed by atoms with van der Waals surface area (Å²) in [6.45, 7) is 8.62. The molecule has 2 unspecified atom stereocenters. The molecule has 0 aromatic heterocycles. The number of aliphatic imine (C=N–C) groups is 1. The zero-order valence-electron chi connectivity index (χ0n) is 17.0. The monoisotopic (exact) mass is 490 g/mol. The zero-order chi connectivity index (χ0) is 18.8. The third-order valence-corrected chi connectivity index (χ3v) is 4.63. The number of nitrogens with one attached hydrogen (secondary N) is 2. The maximum Gasteiger partial charge on any atom is 0.191 e. The highest BCUT2D eigenvalue weighted by Crippen LogP contribution is 2.27. The van der Waals surface area contributed by atoms with Crippen molar-refractivity contribution in [1.82, 2.24) is 15.5 Å². The molecule has 1 aromatic carbocycles. The largest absolute Gasteiger partial charge is 0.497 e. The van der Waals surface area contributed by atoms with Crippen molar-refractivity contribution in [2.75, 3.05) is 47.0 Å². The molecule has 6 nitrogen and oxygen atoms in total. The van der Waals surface area contributed by atoms with Crippen LogP contribution in [0.15, 0.2) is 29.3 Å². The lowest BCUT2D eigenvalue weighted by atomic mass is 10.1. The van der Waals surface area contributed by atoms with Gasteiger partial charge in [-0.3, -0.25) is 9.89 Å². The Morgan fingerprint density at radius 2 is 2.00 bits per heavy atom. The molecule has 1 saturated heterocycles. The first-order valence-electron chi connectivity index (χ1n) is 9.59. The number of likely N-dealkylation sites (tertiary alicyclic amines) is 1. The molecular formula is C20H35IN4O2. The molecule has 1 aliphatic rings. The summed E-state index contributed by atoms with van der Waals surface area (Å²) in [5.74, 6) is 1.73. The normalized spacial score (nSPS) is 17.1. The van der Waals surface area contributed by atoms with Gasteiger partial charge in [-0.2, -0.15) is 0 Å². The van der Waals surface area contributed by atoms with Gasteiger partial charge in [0.15, 0.2) is 5.96 Å². The molecule has 2 atom stereocenters. The van der Waals surface area contributed by atoms with Gasteiger partial charge in [0.2, 0.25) is 0 Å². The number of hydrogen-bond donors (Lipinski definition) is 2. The van der Waals surface area contributed by atoms with E-state index in [1.165, 1.54) is 18.4 Å². The van der Waals surface area contributed by atoms with Crippen LogP contribution in [0.3, 0.4) is 0 Å². The summed E-state index contributed by atoms with van der Waals surface area (Å²) in [6.07, 6.45) is 2.51. The fourth-order valence-corrected chi connectivity index (χ4v) is 3.36. The van der Waals surface area contributed by atoms with E-state index >= 15 is 0 Å². The number of halogens is 1. The minimum Gasteiger partial charge on any atom is -0.497 e. The Hall–Kier alpha value is -1.06. The minimum absolute atomic E-state index is 0. The van der Waals surface area contributed by atoms with Gasteiger partial charge in [-0.05, 0) is 57.5 Å². The molecule has 0 saturated carbocycles. The van der Waals surface area contributed by atoms with Gasteiger partial charge in [0.05, 0.1) is 26.3 Å². The summed E-state index contributed by atoms with van der Waals surface area (Å²) >= 11 is 0. The van der Waals surface area contributed by atoms with Crippen molar-refractivity contribution in [2.45, 2.75) is 38.8 Å². The molecule has 154 valence electrons. The third kappa shape index (κ3) is 7.83. The zero-order valence-corrected chi connectivity index (χ0v) is 19.4. The first-order valence-corrected chi connectivity index (χ1v) is 9.59. The molecule has 0 amide bonds. The first-order chi connectivity index (χ1) is 12.7. The molecular weight excluding hydrogens is 455 g/mol. The van der Waals surface area contributed by atoms with Crippen molar-refractivity contribution in [1.29, 1.82) is 0 Å². The van der Waals surface area contributed by atoms with Crippen LogP contribution >= 0.6 is 24.0 Å². The smallest absolute Gasteiger partial charge is 0.191 e. The third-order valence-electron chi connectivity index (χ3n) is 4.63. The Labute approximate surface area is 181 Å². The summed E-state index contributed by atoms with van der Waals surface area (Å²) in [7, 11) is 3.43. The lowest BCUT2D eigenvalue weighted by Gasteiger charge is -2.27. The SMILES string of the molecule is CCNC(=NCC(c1cccc(OC)c1)N1CCCC1)NC(C)COC.I. The number of hydrogen-bond acceptors (Lipinski definition) is 4. The van der Waals surface area contributed by atoms with Crippen molar-refractivity contribution in [3.05, 3.63) is 29.8 Å². The Morgan fingerprint density at radius 1 is 1.26 bits per heavy atom. The van der Waals surface area contributed by atoms with Gasteiger partial charge in [-0.1, -0.05) is 12.1 Å². The lowest BCUT2D eigenvalue weighted by molar-refractivity contribution is 0.179. The van der Waals surface area contributed by atoms with Gasteiger partial charge in [-0.15, -0.1) is 24.0 Å². The summed E-state index contributed by atoms with van der Waals surface area (Å²) in [5, 5.41) is 6.74. The van der Waals surface area contributed by atoms with E-state index in [-0.39, 0.29) is 36.1 Å². The Morgan fingerprint density at radius 3 is 2.63 bits per heavy atom. The first kappa shape index (κ1) is 24.0. The van der Waals surface area contributed by atoms with Gasteiger partial charge in [0.1, 0.15) is 5.75 Å². The molecule has 1 aromatic rings. The highest BCUT2D eigenvalue weighted by Gasteiger charge is 2.24. The molecule has 1 aliphatic heterocycles. The second kappa shape index (κ2) is 13.2. The topological polar surface area (TPSA) is 58.1 Å². The number of benzene rings is 1. The highest BCUT2D eigenvalue weighted by molar-refractivity contribution is 14.0. The van der Waals surface area contributed by atoms with Crippen LogP contribution in [0.5, 0.6) is 5.75 Å². The molecule has 2 rings (SSSR count). The Balaban J connectivity index is 0.00000364. The average molecular weight is 490 g/mol. The number of rotatable bonds is 9. The molecule has 1 fully saturated rings. The van der Waals surface area contributed by atoms with Crippen LogP contribution in [-0.4, -0.2) is 63.9 Å². The minimum atomic E-state index is 0. The predicted octanol–water partition coefficient (Wildman–Crippen LogP) is 3.04. The van der Waals surface area contributed by atoms with E-state index in [0.29, 0.717) is 13.2 Å². The van der Waals surface area contributed by atoms with Gasteiger partial charge in [-0.25, -0.2) is 0 Å². The quantitative estimate of drug-likeness (QED) is 0.317. The van der Waals surface area contributed by atoms with Crippen LogP contribution in [0.1, 0.15) is 38.3 Å². The van der Waals surface area contributed by atoms with Gasteiger partial charge in [0, 0.05) is 19.7 Å². The van der Waals surface area contributed by atoms with E-state index in [1.54, 1.807) is 14.2 Å². The van der Waals surface area contributed by atoms with E-state index in [0.717, 1.165) is 31.3 Å². The number of ether oxygens (including phenoxy) is 2. The maximum atomic E-state index is 5.42. The molecule has 0 spiro atoms. The van der Waals surface area contributed by atoms with Gasteiger partial charge >= 0.3 is 0 Å². The Kier molecular flexibility index (Phi) is 11.7. The van der Waals surface area contributed by atoms with Gasteiger partial charge < -0.3 is 20.1 Å². The van der Waals surface area contributed by atoms with Crippen molar-refractivity contribution < 1.29 is 9.47 Å². The summed E-state index contributed by atoms with van der Waals surface area (Å²) < 4.78 is 10.6. The Bertz CT molecular complexity index is 565. The van der Waals surface area contributed by atoms with E-state index in [2.05, 4.69) is 47.6 Å². The summed E-state index contributed by atoms with van der Waals surface area (Å²) in [4.78, 5) is 7.40. The van der Waals surface area contributed by atoms with Gasteiger partial charge in [0.25, 0.3) is 0 Å². The highest BCUT2D eigenvalue weighted by atomic mass is 127. The maximum absolute atomic E-state index is 5.42. The van der Waals surface area contributed by atoms with Crippen molar-refractivity contribution in [2.24, 2.45) is 4.99 Å². The van der Waals surface area contributed by atoms with E-state index in [9.17, 15) is 0 Å². The second-order valence-corrected chi connectivity index (χ2v) is 6.76. The molecule has 0 aliphatic carbocycles. The molecule has 7 heteroatoms. The molecule has 27 heavy (non-hydrogen) atoms. The number of nitrogens with zero attached hydrogens (tertiary/aromatic N) is 2. The molecule has 0 bridgehead atoms. The fourth-order valence-electron chi connectivity index (χ4n) is 3.36. The second-order valence-electron chi connectivity index (χ2n) is 6.76. The van der Waals surface area contributed by atoms with E-state index in [1.807, 2.05) is 6.07 Å². The van der Waals surface area contributed by atoms with Crippen LogP contribution in [0.25, 0.3) is 0 Å². The lowest BCUT2D eigenvalue weighted by Crippen LogP contribution is -2.44. The number of guanidine groups is 1. The van der Waals surface area contributed by atoms with Crippen LogP contribution in [-0.2, 0) is 4.74 Å². The van der Waals surface area contributed by atoms with Crippen molar-refractivity contribution >= 4 is 29.9 Å². The predicted molar refractivity (Wildman–Crippen MR) is 122 cm³/mol. The fraction of sp³-hybridized carbons (Fsp3) is 0.650.